The second kappa shape index (κ2) is 6.31. The molecule has 0 unspecified atom stereocenters. The molecule has 0 aromatic carbocycles. The smallest absolute Gasteiger partial charge is 0.408 e. The minimum Gasteiger partial charge on any atom is -0.480 e. The second-order valence-corrected chi connectivity index (χ2v) is 3.19. The SMILES string of the molecule is C=CCOC(=O)N[C@H](Cc1c[nH]cn1)C(=O)O. The van der Waals surface area contributed by atoms with Crippen LogP contribution < -0.4 is 5.32 Å². The largest absolute Gasteiger partial charge is 0.480 e. The number of H-pyrrole nitrogens is 1. The van der Waals surface area contributed by atoms with Crippen molar-refractivity contribution >= 4 is 12.1 Å². The van der Waals surface area contributed by atoms with Crippen molar-refractivity contribution in [2.45, 2.75) is 12.5 Å². The number of rotatable bonds is 6. The fourth-order valence-electron chi connectivity index (χ4n) is 1.13. The topological polar surface area (TPSA) is 104 Å². The lowest BCUT2D eigenvalue weighted by Crippen LogP contribution is -2.42. The van der Waals surface area contributed by atoms with Crippen LogP contribution in [0.4, 0.5) is 4.79 Å². The van der Waals surface area contributed by atoms with Crippen LogP contribution in [-0.2, 0) is 16.0 Å². The summed E-state index contributed by atoms with van der Waals surface area (Å²) in [5.74, 6) is -1.15. The lowest BCUT2D eigenvalue weighted by Gasteiger charge is -2.12. The number of carbonyl (C=O) groups is 2. The summed E-state index contributed by atoms with van der Waals surface area (Å²) in [6.45, 7) is 3.40. The lowest BCUT2D eigenvalue weighted by molar-refractivity contribution is -0.139. The van der Waals surface area contributed by atoms with Gasteiger partial charge in [0, 0.05) is 12.6 Å². The van der Waals surface area contributed by atoms with E-state index in [9.17, 15) is 9.59 Å². The van der Waals surface area contributed by atoms with E-state index in [1.165, 1.54) is 12.4 Å². The summed E-state index contributed by atoms with van der Waals surface area (Å²) in [6, 6.07) is -1.07. The zero-order valence-electron chi connectivity index (χ0n) is 9.05. The van der Waals surface area contributed by atoms with Crippen molar-refractivity contribution in [3.63, 3.8) is 0 Å². The van der Waals surface area contributed by atoms with Crippen molar-refractivity contribution in [2.75, 3.05) is 6.61 Å². The number of imidazole rings is 1. The van der Waals surface area contributed by atoms with E-state index in [-0.39, 0.29) is 13.0 Å². The third-order valence-electron chi connectivity index (χ3n) is 1.89. The van der Waals surface area contributed by atoms with Gasteiger partial charge in [-0.05, 0) is 0 Å². The first kappa shape index (κ1) is 12.8. The van der Waals surface area contributed by atoms with Gasteiger partial charge in [-0.1, -0.05) is 12.7 Å². The Bertz CT molecular complexity index is 388. The number of hydrogen-bond donors (Lipinski definition) is 3. The molecule has 1 atom stereocenters. The Morgan fingerprint density at radius 1 is 1.71 bits per heavy atom. The molecule has 0 bridgehead atoms. The fraction of sp³-hybridized carbons (Fsp3) is 0.300. The molecule has 0 fully saturated rings. The number of carboxylic acids is 1. The number of ether oxygens (including phenoxy) is 1. The van der Waals surface area contributed by atoms with E-state index in [0.29, 0.717) is 5.69 Å². The fourth-order valence-corrected chi connectivity index (χ4v) is 1.13. The van der Waals surface area contributed by atoms with Crippen LogP contribution in [-0.4, -0.2) is 39.8 Å². The number of amides is 1. The van der Waals surface area contributed by atoms with Crippen molar-refractivity contribution in [3.8, 4) is 0 Å². The minimum atomic E-state index is -1.15. The first-order chi connectivity index (χ1) is 8.13. The van der Waals surface area contributed by atoms with Gasteiger partial charge in [0.1, 0.15) is 12.6 Å². The standard InChI is InChI=1S/C10H13N3O4/c1-2-3-17-10(16)13-8(9(14)15)4-7-5-11-6-12-7/h2,5-6,8H,1,3-4H2,(H,11,12)(H,13,16)(H,14,15)/t8-/m1/s1. The van der Waals surface area contributed by atoms with Crippen LogP contribution >= 0.6 is 0 Å². The number of aromatic nitrogens is 2. The molecule has 3 N–H and O–H groups in total. The van der Waals surface area contributed by atoms with Crippen molar-refractivity contribution < 1.29 is 19.4 Å². The number of alkyl carbamates (subject to hydrolysis) is 1. The highest BCUT2D eigenvalue weighted by Gasteiger charge is 2.21. The number of hydrogen-bond acceptors (Lipinski definition) is 4. The maximum atomic E-state index is 11.2. The maximum Gasteiger partial charge on any atom is 0.408 e. The van der Waals surface area contributed by atoms with Crippen LogP contribution in [0.25, 0.3) is 0 Å². The van der Waals surface area contributed by atoms with E-state index < -0.39 is 18.1 Å². The minimum absolute atomic E-state index is 0.0284. The molecule has 0 saturated carbocycles. The molecule has 1 heterocycles. The number of nitrogens with zero attached hydrogens (tertiary/aromatic N) is 1. The molecule has 0 spiro atoms. The van der Waals surface area contributed by atoms with Gasteiger partial charge in [-0.3, -0.25) is 0 Å². The van der Waals surface area contributed by atoms with Crippen molar-refractivity contribution in [3.05, 3.63) is 30.9 Å². The highest BCUT2D eigenvalue weighted by molar-refractivity contribution is 5.80. The Hall–Kier alpha value is -2.31. The maximum absolute atomic E-state index is 11.2. The average molecular weight is 239 g/mol. The molecule has 0 aliphatic heterocycles. The van der Waals surface area contributed by atoms with Gasteiger partial charge in [-0.25, -0.2) is 14.6 Å². The highest BCUT2D eigenvalue weighted by atomic mass is 16.5. The summed E-state index contributed by atoms with van der Waals surface area (Å²) < 4.78 is 4.63. The molecule has 7 nitrogen and oxygen atoms in total. The summed E-state index contributed by atoms with van der Waals surface area (Å²) in [5.41, 5.74) is 0.543. The number of carbonyl (C=O) groups excluding carboxylic acids is 1. The summed E-state index contributed by atoms with van der Waals surface area (Å²) >= 11 is 0. The molecule has 0 radical (unpaired) electrons. The van der Waals surface area contributed by atoms with Crippen LogP contribution in [0.15, 0.2) is 25.2 Å². The van der Waals surface area contributed by atoms with E-state index in [4.69, 9.17) is 5.11 Å². The molecule has 0 aliphatic carbocycles. The highest BCUT2D eigenvalue weighted by Crippen LogP contribution is 1.99. The van der Waals surface area contributed by atoms with Crippen molar-refractivity contribution in [2.24, 2.45) is 0 Å². The zero-order valence-corrected chi connectivity index (χ0v) is 9.05. The summed E-state index contributed by atoms with van der Waals surface area (Å²) in [4.78, 5) is 28.7. The molecular formula is C10H13N3O4. The van der Waals surface area contributed by atoms with Crippen LogP contribution in [0, 0.1) is 0 Å². The third-order valence-corrected chi connectivity index (χ3v) is 1.89. The molecule has 17 heavy (non-hydrogen) atoms. The van der Waals surface area contributed by atoms with Gasteiger partial charge in [0.25, 0.3) is 0 Å². The number of aliphatic carboxylic acids is 1. The molecule has 0 saturated heterocycles. The molecular weight excluding hydrogens is 226 g/mol. The molecule has 1 rings (SSSR count). The molecule has 0 aliphatic rings. The normalized spacial score (nSPS) is 11.5. The van der Waals surface area contributed by atoms with E-state index in [1.807, 2.05) is 0 Å². The van der Waals surface area contributed by atoms with Gasteiger partial charge < -0.3 is 20.1 Å². The van der Waals surface area contributed by atoms with Crippen molar-refractivity contribution in [1.82, 2.24) is 15.3 Å². The Morgan fingerprint density at radius 2 is 2.47 bits per heavy atom. The van der Waals surface area contributed by atoms with Crippen LogP contribution in [0.2, 0.25) is 0 Å². The van der Waals surface area contributed by atoms with Gasteiger partial charge in [0.15, 0.2) is 0 Å². The molecule has 1 amide bonds. The first-order valence-electron chi connectivity index (χ1n) is 4.88. The Labute approximate surface area is 97.5 Å². The van der Waals surface area contributed by atoms with Gasteiger partial charge >= 0.3 is 12.1 Å². The molecule has 1 aromatic heterocycles. The summed E-state index contributed by atoms with van der Waals surface area (Å²) in [6.07, 6.45) is 3.68. The van der Waals surface area contributed by atoms with Crippen LogP contribution in [0.3, 0.4) is 0 Å². The third kappa shape index (κ3) is 4.37. The van der Waals surface area contributed by atoms with Crippen LogP contribution in [0.1, 0.15) is 5.69 Å². The van der Waals surface area contributed by atoms with E-state index >= 15 is 0 Å². The average Bonchev–Trinajstić information content (AvgIpc) is 2.78. The van der Waals surface area contributed by atoms with E-state index in [0.717, 1.165) is 0 Å². The Morgan fingerprint density at radius 3 is 3.00 bits per heavy atom. The summed E-state index contributed by atoms with van der Waals surface area (Å²) in [7, 11) is 0. The van der Waals surface area contributed by atoms with Gasteiger partial charge in [-0.15, -0.1) is 0 Å². The molecule has 7 heteroatoms. The molecule has 92 valence electrons. The first-order valence-corrected chi connectivity index (χ1v) is 4.88. The van der Waals surface area contributed by atoms with Crippen LogP contribution in [0.5, 0.6) is 0 Å². The van der Waals surface area contributed by atoms with Gasteiger partial charge in [-0.2, -0.15) is 0 Å². The Kier molecular flexibility index (Phi) is 4.74. The zero-order chi connectivity index (χ0) is 12.7. The number of nitrogens with one attached hydrogen (secondary N) is 2. The molecule has 1 aromatic rings. The van der Waals surface area contributed by atoms with Gasteiger partial charge in [0.05, 0.1) is 12.0 Å². The van der Waals surface area contributed by atoms with Gasteiger partial charge in [0.2, 0.25) is 0 Å². The van der Waals surface area contributed by atoms with E-state index in [2.05, 4.69) is 26.6 Å². The number of carboxylic acid groups (broad SMARTS) is 1. The monoisotopic (exact) mass is 239 g/mol. The lowest BCUT2D eigenvalue weighted by atomic mass is 10.2. The summed E-state index contributed by atoms with van der Waals surface area (Å²) in [5, 5.41) is 11.1. The predicted molar refractivity (Wildman–Crippen MR) is 58.4 cm³/mol. The van der Waals surface area contributed by atoms with E-state index in [1.54, 1.807) is 6.20 Å². The van der Waals surface area contributed by atoms with Crippen molar-refractivity contribution in [1.29, 1.82) is 0 Å². The second-order valence-electron chi connectivity index (χ2n) is 3.19. The number of aromatic amines is 1. The predicted octanol–water partition coefficient (Wildman–Crippen LogP) is 0.318. The Balaban J connectivity index is 2.51. The quantitative estimate of drug-likeness (QED) is 0.620.